The molecule has 0 aliphatic heterocycles. The van der Waals surface area contributed by atoms with Crippen LogP contribution in [0.3, 0.4) is 0 Å². The number of nitrogens with zero attached hydrogens (tertiary/aromatic N) is 3. The van der Waals surface area contributed by atoms with E-state index < -0.39 is 9.84 Å². The molecule has 0 saturated heterocycles. The molecule has 0 bridgehead atoms. The van der Waals surface area contributed by atoms with Crippen LogP contribution >= 0.6 is 22.6 Å². The molecule has 108 valence electrons. The van der Waals surface area contributed by atoms with Crippen molar-refractivity contribution >= 4 is 32.4 Å². The van der Waals surface area contributed by atoms with Crippen molar-refractivity contribution < 1.29 is 8.42 Å². The summed E-state index contributed by atoms with van der Waals surface area (Å²) in [6.07, 6.45) is 2.22. The maximum Gasteiger partial charge on any atom is 0.181 e. The van der Waals surface area contributed by atoms with Gasteiger partial charge in [-0.15, -0.1) is 0 Å². The Morgan fingerprint density at radius 1 is 1.20 bits per heavy atom. The van der Waals surface area contributed by atoms with Crippen LogP contribution in [0.4, 0.5) is 0 Å². The number of aryl methyl sites for hydroxylation is 1. The molecule has 5 nitrogen and oxygen atoms in total. The third-order valence-electron chi connectivity index (χ3n) is 2.79. The summed E-state index contributed by atoms with van der Waals surface area (Å²) in [5.41, 5.74) is 0.931. The number of halogens is 1. The minimum absolute atomic E-state index is 0.107. The Morgan fingerprint density at radius 2 is 1.90 bits per heavy atom. The zero-order valence-corrected chi connectivity index (χ0v) is 14.1. The number of hydrogen-bond acceptors (Lipinski definition) is 4. The van der Waals surface area contributed by atoms with Crippen molar-refractivity contribution in [1.82, 2.24) is 14.8 Å². The molecule has 0 aliphatic carbocycles. The van der Waals surface area contributed by atoms with E-state index >= 15 is 0 Å². The number of hydrogen-bond donors (Lipinski definition) is 0. The van der Waals surface area contributed by atoms with Gasteiger partial charge in [0.1, 0.15) is 6.33 Å². The molecule has 0 fully saturated rings. The highest BCUT2D eigenvalue weighted by Crippen LogP contribution is 2.16. The van der Waals surface area contributed by atoms with E-state index in [0.717, 1.165) is 9.13 Å². The van der Waals surface area contributed by atoms with Crippen LogP contribution in [-0.2, 0) is 16.4 Å². The van der Waals surface area contributed by atoms with Crippen molar-refractivity contribution in [3.05, 3.63) is 34.2 Å². The molecular weight excluding hydrogens is 389 g/mol. The lowest BCUT2D eigenvalue weighted by atomic mass is 10.2. The standard InChI is InChI=1S/C13H16IN3O2S/c1-2-8-20(18,19)9-7-17-10-15-13(16-17)11-3-5-12(14)6-4-11/h3-6,10H,2,7-9H2,1H3. The molecule has 0 radical (unpaired) electrons. The predicted molar refractivity (Wildman–Crippen MR) is 87.1 cm³/mol. The summed E-state index contributed by atoms with van der Waals surface area (Å²) in [4.78, 5) is 4.22. The summed E-state index contributed by atoms with van der Waals surface area (Å²) in [5.74, 6) is 0.955. The highest BCUT2D eigenvalue weighted by atomic mass is 127. The van der Waals surface area contributed by atoms with Crippen LogP contribution in [0.2, 0.25) is 0 Å². The average Bonchev–Trinajstić information content (AvgIpc) is 2.86. The molecule has 1 aromatic carbocycles. The van der Waals surface area contributed by atoms with Crippen molar-refractivity contribution in [2.45, 2.75) is 19.9 Å². The molecular formula is C13H16IN3O2S. The topological polar surface area (TPSA) is 64.8 Å². The van der Waals surface area contributed by atoms with Gasteiger partial charge in [-0.2, -0.15) is 5.10 Å². The second kappa shape index (κ2) is 6.66. The quantitative estimate of drug-likeness (QED) is 0.693. The van der Waals surface area contributed by atoms with Gasteiger partial charge >= 0.3 is 0 Å². The van der Waals surface area contributed by atoms with Gasteiger partial charge in [-0.05, 0) is 41.1 Å². The van der Waals surface area contributed by atoms with Gasteiger partial charge in [0.25, 0.3) is 0 Å². The van der Waals surface area contributed by atoms with E-state index in [2.05, 4.69) is 32.7 Å². The second-order valence-electron chi connectivity index (χ2n) is 4.49. The fourth-order valence-electron chi connectivity index (χ4n) is 1.78. The third-order valence-corrected chi connectivity index (χ3v) is 5.34. The summed E-state index contributed by atoms with van der Waals surface area (Å²) >= 11 is 2.24. The smallest absolute Gasteiger partial charge is 0.181 e. The van der Waals surface area contributed by atoms with E-state index in [1.54, 1.807) is 11.0 Å². The Morgan fingerprint density at radius 3 is 2.55 bits per heavy atom. The van der Waals surface area contributed by atoms with Crippen LogP contribution in [0.5, 0.6) is 0 Å². The van der Waals surface area contributed by atoms with E-state index in [-0.39, 0.29) is 11.5 Å². The van der Waals surface area contributed by atoms with Gasteiger partial charge in [0.2, 0.25) is 0 Å². The molecule has 0 atom stereocenters. The molecule has 20 heavy (non-hydrogen) atoms. The lowest BCUT2D eigenvalue weighted by molar-refractivity contribution is 0.579. The van der Waals surface area contributed by atoms with Crippen LogP contribution < -0.4 is 0 Å². The Kier molecular flexibility index (Phi) is 5.14. The van der Waals surface area contributed by atoms with Gasteiger partial charge in [0.05, 0.1) is 12.3 Å². The molecule has 1 heterocycles. The van der Waals surface area contributed by atoms with Crippen LogP contribution in [0.1, 0.15) is 13.3 Å². The van der Waals surface area contributed by atoms with Crippen LogP contribution in [0.25, 0.3) is 11.4 Å². The lowest BCUT2D eigenvalue weighted by Crippen LogP contribution is -2.16. The molecule has 0 aliphatic rings. The van der Waals surface area contributed by atoms with Crippen LogP contribution in [0.15, 0.2) is 30.6 Å². The first-order chi connectivity index (χ1) is 9.50. The molecule has 0 saturated carbocycles. The predicted octanol–water partition coefficient (Wildman–Crippen LogP) is 2.37. The molecule has 2 aromatic rings. The third kappa shape index (κ3) is 4.27. The molecule has 2 rings (SSSR count). The summed E-state index contributed by atoms with van der Waals surface area (Å²) in [5, 5.41) is 4.31. The second-order valence-corrected chi connectivity index (χ2v) is 8.04. The fraction of sp³-hybridized carbons (Fsp3) is 0.385. The molecule has 7 heteroatoms. The Bertz CT molecular complexity index is 665. The van der Waals surface area contributed by atoms with E-state index in [0.29, 0.717) is 18.8 Å². The zero-order chi connectivity index (χ0) is 14.6. The van der Waals surface area contributed by atoms with E-state index in [1.165, 1.54) is 0 Å². The highest BCUT2D eigenvalue weighted by molar-refractivity contribution is 14.1. The van der Waals surface area contributed by atoms with Gasteiger partial charge in [0.15, 0.2) is 15.7 Å². The van der Waals surface area contributed by atoms with Gasteiger partial charge in [-0.25, -0.2) is 13.4 Å². The molecule has 1 aromatic heterocycles. The molecule has 0 amide bonds. The van der Waals surface area contributed by atoms with Gasteiger partial charge < -0.3 is 0 Å². The number of benzene rings is 1. The Labute approximate surface area is 132 Å². The minimum atomic E-state index is -2.98. The normalized spacial score (nSPS) is 11.7. The Hall–Kier alpha value is -0.960. The van der Waals surface area contributed by atoms with Crippen molar-refractivity contribution in [2.24, 2.45) is 0 Å². The van der Waals surface area contributed by atoms with Gasteiger partial charge in [0, 0.05) is 14.9 Å². The minimum Gasteiger partial charge on any atom is -0.251 e. The summed E-state index contributed by atoms with van der Waals surface area (Å²) in [6.45, 7) is 2.21. The van der Waals surface area contributed by atoms with Gasteiger partial charge in [-0.1, -0.05) is 19.1 Å². The van der Waals surface area contributed by atoms with E-state index in [1.807, 2.05) is 31.2 Å². The maximum absolute atomic E-state index is 11.7. The first kappa shape index (κ1) is 15.4. The number of sulfone groups is 1. The number of aromatic nitrogens is 3. The van der Waals surface area contributed by atoms with Gasteiger partial charge in [-0.3, -0.25) is 4.68 Å². The van der Waals surface area contributed by atoms with Crippen molar-refractivity contribution in [2.75, 3.05) is 11.5 Å². The van der Waals surface area contributed by atoms with E-state index in [4.69, 9.17) is 0 Å². The number of rotatable bonds is 6. The van der Waals surface area contributed by atoms with E-state index in [9.17, 15) is 8.42 Å². The van der Waals surface area contributed by atoms with Crippen molar-refractivity contribution in [1.29, 1.82) is 0 Å². The zero-order valence-electron chi connectivity index (χ0n) is 11.2. The fourth-order valence-corrected chi connectivity index (χ4v) is 3.43. The van der Waals surface area contributed by atoms with Crippen LogP contribution in [0, 0.1) is 3.57 Å². The monoisotopic (exact) mass is 405 g/mol. The first-order valence-corrected chi connectivity index (χ1v) is 9.26. The van der Waals surface area contributed by atoms with Crippen molar-refractivity contribution in [3.8, 4) is 11.4 Å². The lowest BCUT2D eigenvalue weighted by Gasteiger charge is -2.02. The summed E-state index contributed by atoms with van der Waals surface area (Å²) in [7, 11) is -2.98. The molecule has 0 spiro atoms. The SMILES string of the molecule is CCCS(=O)(=O)CCn1cnc(-c2ccc(I)cc2)n1. The molecule has 0 unspecified atom stereocenters. The summed E-state index contributed by atoms with van der Waals surface area (Å²) < 4.78 is 26.0. The largest absolute Gasteiger partial charge is 0.251 e. The Balaban J connectivity index is 2.04. The maximum atomic E-state index is 11.7. The average molecular weight is 405 g/mol. The first-order valence-electron chi connectivity index (χ1n) is 6.36. The highest BCUT2D eigenvalue weighted by Gasteiger charge is 2.10. The summed E-state index contributed by atoms with van der Waals surface area (Å²) in [6, 6.07) is 7.88. The van der Waals surface area contributed by atoms with Crippen LogP contribution in [-0.4, -0.2) is 34.7 Å². The van der Waals surface area contributed by atoms with Crippen molar-refractivity contribution in [3.63, 3.8) is 0 Å². The molecule has 0 N–H and O–H groups in total.